The summed E-state index contributed by atoms with van der Waals surface area (Å²) in [6.45, 7) is 3.70. The second kappa shape index (κ2) is 8.37. The molecule has 0 aliphatic heterocycles. The van der Waals surface area contributed by atoms with Gasteiger partial charge in [0.2, 0.25) is 11.7 Å². The maximum atomic E-state index is 5.91. The third-order valence-corrected chi connectivity index (χ3v) is 3.98. The van der Waals surface area contributed by atoms with Gasteiger partial charge in [-0.1, -0.05) is 24.4 Å². The highest BCUT2D eigenvalue weighted by molar-refractivity contribution is 4.95. The van der Waals surface area contributed by atoms with E-state index in [2.05, 4.69) is 15.5 Å². The summed E-state index contributed by atoms with van der Waals surface area (Å²) < 4.78 is 11.3. The van der Waals surface area contributed by atoms with Crippen LogP contribution in [0.15, 0.2) is 4.52 Å². The number of ether oxygens (including phenoxy) is 1. The minimum absolute atomic E-state index is 0.0158. The Morgan fingerprint density at radius 2 is 2.15 bits per heavy atom. The molecule has 114 valence electrons. The zero-order valence-corrected chi connectivity index (χ0v) is 12.7. The summed E-state index contributed by atoms with van der Waals surface area (Å²) in [4.78, 5) is 4.55. The van der Waals surface area contributed by atoms with Gasteiger partial charge in [-0.2, -0.15) is 4.98 Å². The fourth-order valence-electron chi connectivity index (χ4n) is 2.94. The monoisotopic (exact) mass is 281 g/mol. The summed E-state index contributed by atoms with van der Waals surface area (Å²) >= 11 is 0. The van der Waals surface area contributed by atoms with Gasteiger partial charge in [0.15, 0.2) is 0 Å². The third kappa shape index (κ3) is 4.28. The molecule has 20 heavy (non-hydrogen) atoms. The highest BCUT2D eigenvalue weighted by atomic mass is 16.5. The number of aryl methyl sites for hydroxylation is 1. The molecule has 0 saturated heterocycles. The molecule has 0 bridgehead atoms. The van der Waals surface area contributed by atoms with Crippen LogP contribution in [0.3, 0.4) is 0 Å². The average molecular weight is 281 g/mol. The van der Waals surface area contributed by atoms with E-state index in [4.69, 9.17) is 9.26 Å². The molecule has 5 heteroatoms. The van der Waals surface area contributed by atoms with Crippen molar-refractivity contribution >= 4 is 0 Å². The predicted octanol–water partition coefficient (Wildman–Crippen LogP) is 2.88. The van der Waals surface area contributed by atoms with E-state index in [1.165, 1.54) is 32.1 Å². The summed E-state index contributed by atoms with van der Waals surface area (Å²) in [5, 5.41) is 7.28. The molecule has 1 heterocycles. The summed E-state index contributed by atoms with van der Waals surface area (Å²) in [5.74, 6) is 2.03. The fraction of sp³-hybridized carbons (Fsp3) is 0.867. The number of nitrogens with one attached hydrogen (secondary N) is 1. The summed E-state index contributed by atoms with van der Waals surface area (Å²) in [7, 11) is 1.95. The first-order chi connectivity index (χ1) is 9.85. The number of hydrogen-bond acceptors (Lipinski definition) is 5. The van der Waals surface area contributed by atoms with Crippen LogP contribution in [0, 0.1) is 5.92 Å². The van der Waals surface area contributed by atoms with Gasteiger partial charge in [-0.3, -0.25) is 0 Å². The van der Waals surface area contributed by atoms with Gasteiger partial charge in [0.1, 0.15) is 6.10 Å². The molecule has 2 rings (SSSR count). The second-order valence-corrected chi connectivity index (χ2v) is 5.53. The molecule has 1 fully saturated rings. The molecule has 0 amide bonds. The molecule has 1 atom stereocenters. The van der Waals surface area contributed by atoms with E-state index in [1.54, 1.807) is 0 Å². The van der Waals surface area contributed by atoms with E-state index >= 15 is 0 Å². The van der Waals surface area contributed by atoms with Crippen LogP contribution >= 0.6 is 0 Å². The van der Waals surface area contributed by atoms with Gasteiger partial charge in [-0.05, 0) is 45.7 Å². The van der Waals surface area contributed by atoms with Gasteiger partial charge in [-0.15, -0.1) is 0 Å². The maximum absolute atomic E-state index is 5.91. The molecule has 1 aliphatic rings. The molecule has 1 saturated carbocycles. The zero-order valence-electron chi connectivity index (χ0n) is 12.7. The van der Waals surface area contributed by atoms with Gasteiger partial charge >= 0.3 is 0 Å². The molecule has 1 unspecified atom stereocenters. The summed E-state index contributed by atoms with van der Waals surface area (Å²) in [6, 6.07) is 0. The largest absolute Gasteiger partial charge is 0.370 e. The molecular formula is C15H27N3O2. The molecule has 0 spiro atoms. The Balaban J connectivity index is 1.97. The van der Waals surface area contributed by atoms with Gasteiger partial charge in [0.05, 0.1) is 0 Å². The minimum atomic E-state index is 0.0158. The van der Waals surface area contributed by atoms with Crippen molar-refractivity contribution in [2.45, 2.75) is 58.0 Å². The fourth-order valence-corrected chi connectivity index (χ4v) is 2.94. The number of hydrogen-bond donors (Lipinski definition) is 1. The van der Waals surface area contributed by atoms with Crippen molar-refractivity contribution < 1.29 is 9.26 Å². The standard InChI is InChI=1S/C15H27N3O2/c1-3-19-14(12-8-5-4-6-9-12)15-17-13(20-18-15)10-7-11-16-2/h12,14,16H,3-11H2,1-2H3. The number of aromatic nitrogens is 2. The van der Waals surface area contributed by atoms with Crippen molar-refractivity contribution in [3.63, 3.8) is 0 Å². The van der Waals surface area contributed by atoms with Crippen molar-refractivity contribution in [2.24, 2.45) is 5.92 Å². The first-order valence-corrected chi connectivity index (χ1v) is 7.93. The molecule has 0 aromatic carbocycles. The highest BCUT2D eigenvalue weighted by Crippen LogP contribution is 2.35. The first kappa shape index (κ1) is 15.4. The van der Waals surface area contributed by atoms with Crippen molar-refractivity contribution in [1.82, 2.24) is 15.5 Å². The van der Waals surface area contributed by atoms with E-state index in [0.717, 1.165) is 31.1 Å². The van der Waals surface area contributed by atoms with Gasteiger partial charge < -0.3 is 14.6 Å². The summed E-state index contributed by atoms with van der Waals surface area (Å²) in [6.07, 6.45) is 8.22. The Labute approximate surface area is 121 Å². The second-order valence-electron chi connectivity index (χ2n) is 5.53. The van der Waals surface area contributed by atoms with Crippen LogP contribution in [0.4, 0.5) is 0 Å². The first-order valence-electron chi connectivity index (χ1n) is 7.93. The van der Waals surface area contributed by atoms with Crippen LogP contribution < -0.4 is 5.32 Å². The quantitative estimate of drug-likeness (QED) is 0.742. The van der Waals surface area contributed by atoms with Gasteiger partial charge in [0, 0.05) is 13.0 Å². The van der Waals surface area contributed by atoms with Gasteiger partial charge in [0.25, 0.3) is 0 Å². The smallest absolute Gasteiger partial charge is 0.226 e. The minimum Gasteiger partial charge on any atom is -0.370 e. The molecule has 1 aromatic heterocycles. The van der Waals surface area contributed by atoms with Crippen LogP contribution in [0.25, 0.3) is 0 Å². The summed E-state index contributed by atoms with van der Waals surface area (Å²) in [5.41, 5.74) is 0. The van der Waals surface area contributed by atoms with Crippen LogP contribution in [0.5, 0.6) is 0 Å². The van der Waals surface area contributed by atoms with Crippen LogP contribution in [0.1, 0.15) is 63.3 Å². The van der Waals surface area contributed by atoms with Crippen molar-refractivity contribution in [3.8, 4) is 0 Å². The molecule has 1 aromatic rings. The van der Waals surface area contributed by atoms with E-state index < -0.39 is 0 Å². The molecule has 0 radical (unpaired) electrons. The van der Waals surface area contributed by atoms with E-state index in [9.17, 15) is 0 Å². The molecule has 1 aliphatic carbocycles. The van der Waals surface area contributed by atoms with Crippen LogP contribution in [-0.4, -0.2) is 30.3 Å². The Bertz CT molecular complexity index is 375. The van der Waals surface area contributed by atoms with Crippen molar-refractivity contribution in [3.05, 3.63) is 11.7 Å². The maximum Gasteiger partial charge on any atom is 0.226 e. The van der Waals surface area contributed by atoms with Crippen molar-refractivity contribution in [1.29, 1.82) is 0 Å². The molecular weight excluding hydrogens is 254 g/mol. The highest BCUT2D eigenvalue weighted by Gasteiger charge is 2.29. The topological polar surface area (TPSA) is 60.2 Å². The lowest BCUT2D eigenvalue weighted by molar-refractivity contribution is -0.00145. The third-order valence-electron chi connectivity index (χ3n) is 3.98. The Kier molecular flexibility index (Phi) is 6.47. The molecule has 5 nitrogen and oxygen atoms in total. The average Bonchev–Trinajstić information content (AvgIpc) is 2.94. The SMILES string of the molecule is CCOC(c1noc(CCCNC)n1)C1CCCCC1. The van der Waals surface area contributed by atoms with E-state index in [-0.39, 0.29) is 6.10 Å². The van der Waals surface area contributed by atoms with E-state index in [0.29, 0.717) is 12.5 Å². The lowest BCUT2D eigenvalue weighted by Gasteiger charge is -2.27. The van der Waals surface area contributed by atoms with Gasteiger partial charge in [-0.25, -0.2) is 0 Å². The lowest BCUT2D eigenvalue weighted by Crippen LogP contribution is -2.20. The lowest BCUT2D eigenvalue weighted by atomic mass is 9.85. The normalized spacial score (nSPS) is 18.3. The Morgan fingerprint density at radius 3 is 2.85 bits per heavy atom. The number of rotatable bonds is 8. The van der Waals surface area contributed by atoms with Crippen LogP contribution in [0.2, 0.25) is 0 Å². The van der Waals surface area contributed by atoms with E-state index in [1.807, 2.05) is 14.0 Å². The van der Waals surface area contributed by atoms with Crippen LogP contribution in [-0.2, 0) is 11.2 Å². The predicted molar refractivity (Wildman–Crippen MR) is 77.5 cm³/mol. The Hall–Kier alpha value is -0.940. The van der Waals surface area contributed by atoms with Crippen molar-refractivity contribution in [2.75, 3.05) is 20.2 Å². The zero-order chi connectivity index (χ0) is 14.2. The molecule has 1 N–H and O–H groups in total. The number of nitrogens with zero attached hydrogens (tertiary/aromatic N) is 2. The Morgan fingerprint density at radius 1 is 1.35 bits per heavy atom.